The van der Waals surface area contributed by atoms with Crippen molar-refractivity contribution in [1.82, 2.24) is 9.62 Å². The molecule has 0 bridgehead atoms. The quantitative estimate of drug-likeness (QED) is 0.688. The van der Waals surface area contributed by atoms with Gasteiger partial charge in [-0.3, -0.25) is 9.59 Å². The van der Waals surface area contributed by atoms with Gasteiger partial charge in [0.2, 0.25) is 10.0 Å². The number of halogens is 1. The van der Waals surface area contributed by atoms with Crippen molar-refractivity contribution < 1.29 is 22.7 Å². The number of hydrogen-bond acceptors (Lipinski definition) is 5. The number of carbonyl (C=O) groups excluding carboxylic acids is 2. The predicted octanol–water partition coefficient (Wildman–Crippen LogP) is 2.20. The summed E-state index contributed by atoms with van der Waals surface area (Å²) in [6, 6.07) is 4.63. The number of carbonyl (C=O) groups is 2. The summed E-state index contributed by atoms with van der Waals surface area (Å²) in [6.45, 7) is 6.19. The van der Waals surface area contributed by atoms with Gasteiger partial charge in [0.1, 0.15) is 6.04 Å². The van der Waals surface area contributed by atoms with Crippen molar-refractivity contribution in [2.45, 2.75) is 50.7 Å². The average Bonchev–Trinajstić information content (AvgIpc) is 3.13. The van der Waals surface area contributed by atoms with E-state index < -0.39 is 28.1 Å². The van der Waals surface area contributed by atoms with E-state index in [1.165, 1.54) is 25.1 Å². The second kappa shape index (κ2) is 9.03. The summed E-state index contributed by atoms with van der Waals surface area (Å²) in [4.78, 5) is 26.5. The van der Waals surface area contributed by atoms with Gasteiger partial charge in [-0.05, 0) is 43.9 Å². The lowest BCUT2D eigenvalue weighted by Gasteiger charge is -2.25. The van der Waals surface area contributed by atoms with Gasteiger partial charge in [-0.15, -0.1) is 0 Å². The van der Waals surface area contributed by atoms with Crippen LogP contribution < -0.4 is 4.72 Å². The van der Waals surface area contributed by atoms with Crippen LogP contribution in [0, 0.1) is 5.92 Å². The molecule has 0 spiro atoms. The fourth-order valence-corrected chi connectivity index (χ4v) is 4.45. The summed E-state index contributed by atoms with van der Waals surface area (Å²) in [7, 11) is -3.97. The van der Waals surface area contributed by atoms with E-state index in [2.05, 4.69) is 4.72 Å². The molecule has 27 heavy (non-hydrogen) atoms. The van der Waals surface area contributed by atoms with Crippen molar-refractivity contribution in [2.75, 3.05) is 13.1 Å². The molecule has 150 valence electrons. The zero-order chi connectivity index (χ0) is 20.2. The smallest absolute Gasteiger partial charge is 0.325 e. The van der Waals surface area contributed by atoms with Crippen LogP contribution in [0.3, 0.4) is 0 Å². The SMILES string of the molecule is CC(C)[C@H](NS(=O)(=O)c1cccc(Cl)c1)C(=O)O[C@@H](C)C(=O)N1CCCC1. The highest BCUT2D eigenvalue weighted by Crippen LogP contribution is 2.18. The van der Waals surface area contributed by atoms with Crippen molar-refractivity contribution >= 4 is 33.5 Å². The highest BCUT2D eigenvalue weighted by Gasteiger charge is 2.33. The molecular weight excluding hydrogens is 392 g/mol. The highest BCUT2D eigenvalue weighted by atomic mass is 35.5. The van der Waals surface area contributed by atoms with Crippen LogP contribution in [0.1, 0.15) is 33.6 Å². The van der Waals surface area contributed by atoms with Crippen molar-refractivity contribution in [3.63, 3.8) is 0 Å². The number of amides is 1. The van der Waals surface area contributed by atoms with Gasteiger partial charge in [-0.2, -0.15) is 4.72 Å². The van der Waals surface area contributed by atoms with E-state index in [-0.39, 0.29) is 21.7 Å². The molecule has 1 saturated heterocycles. The van der Waals surface area contributed by atoms with E-state index in [1.54, 1.807) is 24.8 Å². The third-order valence-corrected chi connectivity index (χ3v) is 6.04. The van der Waals surface area contributed by atoms with E-state index in [1.807, 2.05) is 0 Å². The molecule has 1 fully saturated rings. The molecule has 0 aromatic heterocycles. The van der Waals surface area contributed by atoms with Gasteiger partial charge in [0.25, 0.3) is 5.91 Å². The molecular formula is C18H25ClN2O5S. The van der Waals surface area contributed by atoms with Gasteiger partial charge in [0.05, 0.1) is 4.90 Å². The Morgan fingerprint density at radius 3 is 2.37 bits per heavy atom. The molecule has 7 nitrogen and oxygen atoms in total. The molecule has 1 aromatic carbocycles. The minimum Gasteiger partial charge on any atom is -0.451 e. The van der Waals surface area contributed by atoms with Crippen LogP contribution in [0.5, 0.6) is 0 Å². The summed E-state index contributed by atoms with van der Waals surface area (Å²) in [5, 5.41) is 0.270. The number of esters is 1. The molecule has 9 heteroatoms. The molecule has 0 aliphatic carbocycles. The molecule has 2 rings (SSSR count). The van der Waals surface area contributed by atoms with E-state index in [4.69, 9.17) is 16.3 Å². The van der Waals surface area contributed by atoms with E-state index in [9.17, 15) is 18.0 Å². The Morgan fingerprint density at radius 2 is 1.81 bits per heavy atom. The number of benzene rings is 1. The van der Waals surface area contributed by atoms with Gasteiger partial charge in [-0.1, -0.05) is 31.5 Å². The minimum absolute atomic E-state index is 0.0466. The van der Waals surface area contributed by atoms with Crippen molar-refractivity contribution in [3.8, 4) is 0 Å². The van der Waals surface area contributed by atoms with Crippen LogP contribution in [0.25, 0.3) is 0 Å². The number of nitrogens with zero attached hydrogens (tertiary/aromatic N) is 1. The Hall–Kier alpha value is -1.64. The van der Waals surface area contributed by atoms with E-state index in [0.717, 1.165) is 12.8 Å². The first-order chi connectivity index (χ1) is 12.6. The topological polar surface area (TPSA) is 92.8 Å². The standard InChI is InChI=1S/C18H25ClN2O5S/c1-12(2)16(20-27(24,25)15-8-6-7-14(19)11-15)18(23)26-13(3)17(22)21-9-4-5-10-21/h6-8,11-13,16,20H,4-5,9-10H2,1-3H3/t13-,16-/m0/s1. The van der Waals surface area contributed by atoms with Crippen molar-refractivity contribution in [3.05, 3.63) is 29.3 Å². The largest absolute Gasteiger partial charge is 0.451 e. The first-order valence-corrected chi connectivity index (χ1v) is 10.7. The maximum Gasteiger partial charge on any atom is 0.325 e. The lowest BCUT2D eigenvalue weighted by atomic mass is 10.1. The van der Waals surface area contributed by atoms with E-state index >= 15 is 0 Å². The van der Waals surface area contributed by atoms with Gasteiger partial charge in [0.15, 0.2) is 6.10 Å². The average molecular weight is 417 g/mol. The summed E-state index contributed by atoms with van der Waals surface area (Å²) >= 11 is 5.85. The van der Waals surface area contributed by atoms with Crippen LogP contribution in [-0.4, -0.2) is 50.4 Å². The minimum atomic E-state index is -3.97. The van der Waals surface area contributed by atoms with Crippen LogP contribution in [0.4, 0.5) is 0 Å². The molecule has 1 heterocycles. The van der Waals surface area contributed by atoms with Gasteiger partial charge in [-0.25, -0.2) is 8.42 Å². The molecule has 0 radical (unpaired) electrons. The number of nitrogens with one attached hydrogen (secondary N) is 1. The second-order valence-corrected chi connectivity index (χ2v) is 9.06. The Labute approximate surface area is 165 Å². The van der Waals surface area contributed by atoms with Crippen LogP contribution in [-0.2, 0) is 24.3 Å². The zero-order valence-electron chi connectivity index (χ0n) is 15.6. The second-order valence-electron chi connectivity index (χ2n) is 6.91. The maximum atomic E-state index is 12.6. The number of ether oxygens (including phenoxy) is 1. The Balaban J connectivity index is 2.09. The van der Waals surface area contributed by atoms with Gasteiger partial charge in [0, 0.05) is 18.1 Å². The number of likely N-dealkylation sites (tertiary alicyclic amines) is 1. The normalized spacial score (nSPS) is 17.0. The monoisotopic (exact) mass is 416 g/mol. The predicted molar refractivity (Wildman–Crippen MR) is 102 cm³/mol. The summed E-state index contributed by atoms with van der Waals surface area (Å²) in [5.74, 6) is -1.42. The fourth-order valence-electron chi connectivity index (χ4n) is 2.82. The van der Waals surface area contributed by atoms with E-state index in [0.29, 0.717) is 13.1 Å². The fraction of sp³-hybridized carbons (Fsp3) is 0.556. The number of sulfonamides is 1. The summed E-state index contributed by atoms with van der Waals surface area (Å²) in [5.41, 5.74) is 0. The van der Waals surface area contributed by atoms with Crippen molar-refractivity contribution in [1.29, 1.82) is 0 Å². The lowest BCUT2D eigenvalue weighted by molar-refractivity contribution is -0.160. The Morgan fingerprint density at radius 1 is 1.19 bits per heavy atom. The van der Waals surface area contributed by atoms with Gasteiger partial charge >= 0.3 is 5.97 Å². The van der Waals surface area contributed by atoms with Crippen molar-refractivity contribution in [2.24, 2.45) is 5.92 Å². The lowest BCUT2D eigenvalue weighted by Crippen LogP contribution is -2.47. The molecule has 1 aliphatic heterocycles. The number of rotatable bonds is 7. The summed E-state index contributed by atoms with van der Waals surface area (Å²) < 4.78 is 32.8. The third-order valence-electron chi connectivity index (χ3n) is 4.37. The van der Waals surface area contributed by atoms with Crippen LogP contribution in [0.2, 0.25) is 5.02 Å². The third kappa shape index (κ3) is 5.67. The molecule has 1 amide bonds. The molecule has 2 atom stereocenters. The molecule has 1 N–H and O–H groups in total. The van der Waals surface area contributed by atoms with Crippen LogP contribution in [0.15, 0.2) is 29.2 Å². The molecule has 1 aliphatic rings. The highest BCUT2D eigenvalue weighted by molar-refractivity contribution is 7.89. The molecule has 1 aromatic rings. The Kier molecular flexibility index (Phi) is 7.25. The molecule has 0 unspecified atom stereocenters. The van der Waals surface area contributed by atoms with Crippen LogP contribution >= 0.6 is 11.6 Å². The zero-order valence-corrected chi connectivity index (χ0v) is 17.2. The maximum absolute atomic E-state index is 12.6. The first-order valence-electron chi connectivity index (χ1n) is 8.89. The summed E-state index contributed by atoms with van der Waals surface area (Å²) in [6.07, 6.45) is 0.897. The first kappa shape index (κ1) is 21.7. The number of hydrogen-bond donors (Lipinski definition) is 1. The Bertz CT molecular complexity index is 791. The van der Waals surface area contributed by atoms with Gasteiger partial charge < -0.3 is 9.64 Å². The molecule has 0 saturated carbocycles.